The molecule has 0 aliphatic rings. The van der Waals surface area contributed by atoms with Crippen molar-refractivity contribution in [2.45, 2.75) is 0 Å². The molecule has 0 atom stereocenters. The Balaban J connectivity index is 2.11. The highest BCUT2D eigenvalue weighted by molar-refractivity contribution is 9.10. The Morgan fingerprint density at radius 1 is 1.33 bits per heavy atom. The van der Waals surface area contributed by atoms with Gasteiger partial charge in [-0.25, -0.2) is 15.2 Å². The topological polar surface area (TPSA) is 99.1 Å². The number of halogens is 2. The largest absolute Gasteiger partial charge is 0.493 e. The summed E-state index contributed by atoms with van der Waals surface area (Å²) in [4.78, 5) is 27.1. The number of pyridine rings is 1. The van der Waals surface area contributed by atoms with Crippen LogP contribution in [-0.4, -0.2) is 43.9 Å². The number of hydrogen-bond donors (Lipinski definition) is 1. The van der Waals surface area contributed by atoms with Crippen LogP contribution >= 0.6 is 27.5 Å². The van der Waals surface area contributed by atoms with Crippen LogP contribution in [0.5, 0.6) is 11.5 Å². The highest BCUT2D eigenvalue weighted by Gasteiger charge is 2.12. The van der Waals surface area contributed by atoms with Gasteiger partial charge >= 0.3 is 5.97 Å². The number of rotatable bonds is 7. The van der Waals surface area contributed by atoms with Gasteiger partial charge in [0.2, 0.25) is 0 Å². The first-order valence-electron chi connectivity index (χ1n) is 7.47. The number of methoxy groups -OCH3 is 2. The molecule has 2 rings (SSSR count). The van der Waals surface area contributed by atoms with E-state index in [-0.39, 0.29) is 17.3 Å². The van der Waals surface area contributed by atoms with Gasteiger partial charge in [-0.2, -0.15) is 5.10 Å². The molecule has 2 aromatic rings. The summed E-state index contributed by atoms with van der Waals surface area (Å²) in [6.07, 6.45) is 2.90. The van der Waals surface area contributed by atoms with Crippen molar-refractivity contribution in [3.8, 4) is 11.5 Å². The molecule has 0 fully saturated rings. The Labute approximate surface area is 168 Å². The first-order chi connectivity index (χ1) is 13.0. The second-order valence-corrected chi connectivity index (χ2v) is 6.14. The molecule has 8 nitrogen and oxygen atoms in total. The number of amides is 1. The van der Waals surface area contributed by atoms with Crippen LogP contribution in [0.15, 0.2) is 40.0 Å². The Morgan fingerprint density at radius 2 is 2.11 bits per heavy atom. The molecule has 1 N–H and O–H groups in total. The number of hydrogen-bond acceptors (Lipinski definition) is 7. The lowest BCUT2D eigenvalue weighted by Crippen LogP contribution is -2.18. The van der Waals surface area contributed by atoms with Crippen molar-refractivity contribution in [1.82, 2.24) is 10.4 Å². The van der Waals surface area contributed by atoms with E-state index in [0.29, 0.717) is 21.5 Å². The summed E-state index contributed by atoms with van der Waals surface area (Å²) in [6.45, 7) is -0.255. The van der Waals surface area contributed by atoms with Crippen molar-refractivity contribution >= 4 is 45.6 Å². The van der Waals surface area contributed by atoms with E-state index in [4.69, 9.17) is 21.1 Å². The van der Waals surface area contributed by atoms with Gasteiger partial charge in [-0.3, -0.25) is 4.79 Å². The average molecular weight is 457 g/mol. The first kappa shape index (κ1) is 20.7. The number of carbonyl (C=O) groups excluding carboxylic acids is 2. The molecular formula is C17H15BrClN3O5. The van der Waals surface area contributed by atoms with E-state index in [0.717, 1.165) is 0 Å². The average Bonchev–Trinajstić information content (AvgIpc) is 2.67. The molecule has 1 heterocycles. The molecule has 142 valence electrons. The minimum absolute atomic E-state index is 0.0835. The van der Waals surface area contributed by atoms with E-state index >= 15 is 0 Å². The fourth-order valence-electron chi connectivity index (χ4n) is 1.89. The van der Waals surface area contributed by atoms with Gasteiger partial charge in [-0.05, 0) is 40.2 Å². The number of carbonyl (C=O) groups is 2. The molecule has 0 spiro atoms. The summed E-state index contributed by atoms with van der Waals surface area (Å²) < 4.78 is 15.8. The highest BCUT2D eigenvalue weighted by atomic mass is 79.9. The quantitative estimate of drug-likeness (QED) is 0.298. The van der Waals surface area contributed by atoms with E-state index in [2.05, 4.69) is 36.2 Å². The van der Waals surface area contributed by atoms with Gasteiger partial charge in [0.05, 0.1) is 26.0 Å². The second-order valence-electron chi connectivity index (χ2n) is 4.93. The van der Waals surface area contributed by atoms with E-state index in [1.807, 2.05) is 0 Å². The van der Waals surface area contributed by atoms with Gasteiger partial charge in [0.1, 0.15) is 5.15 Å². The Kier molecular flexibility index (Phi) is 7.56. The zero-order valence-corrected chi connectivity index (χ0v) is 16.7. The summed E-state index contributed by atoms with van der Waals surface area (Å²) in [7, 11) is 2.73. The van der Waals surface area contributed by atoms with Crippen molar-refractivity contribution in [2.75, 3.05) is 20.8 Å². The third-order valence-electron chi connectivity index (χ3n) is 3.23. The molecule has 0 unspecified atom stereocenters. The molecule has 0 saturated carbocycles. The van der Waals surface area contributed by atoms with Crippen molar-refractivity contribution in [2.24, 2.45) is 5.10 Å². The molecule has 1 aromatic heterocycles. The number of ether oxygens (including phenoxy) is 3. The van der Waals surface area contributed by atoms with Crippen molar-refractivity contribution in [3.63, 3.8) is 0 Å². The molecule has 1 aromatic carbocycles. The fraction of sp³-hybridized carbons (Fsp3) is 0.176. The zero-order chi connectivity index (χ0) is 19.8. The Morgan fingerprint density at radius 3 is 2.78 bits per heavy atom. The first-order valence-corrected chi connectivity index (χ1v) is 8.64. The minimum atomic E-state index is -0.518. The van der Waals surface area contributed by atoms with Crippen LogP contribution in [0.2, 0.25) is 5.15 Å². The third kappa shape index (κ3) is 5.66. The van der Waals surface area contributed by atoms with E-state index in [1.54, 1.807) is 18.2 Å². The lowest BCUT2D eigenvalue weighted by Gasteiger charge is -2.11. The second kappa shape index (κ2) is 9.89. The molecule has 0 radical (unpaired) electrons. The number of hydrazone groups is 1. The van der Waals surface area contributed by atoms with E-state index in [1.165, 1.54) is 32.7 Å². The minimum Gasteiger partial charge on any atom is -0.493 e. The van der Waals surface area contributed by atoms with Gasteiger partial charge in [0.15, 0.2) is 18.1 Å². The summed E-state index contributed by atoms with van der Waals surface area (Å²) in [5.74, 6) is -0.288. The van der Waals surface area contributed by atoms with Crippen LogP contribution in [0.25, 0.3) is 0 Å². The smallest absolute Gasteiger partial charge is 0.343 e. The van der Waals surface area contributed by atoms with Crippen LogP contribution < -0.4 is 14.9 Å². The lowest BCUT2D eigenvalue weighted by atomic mass is 10.2. The predicted molar refractivity (Wildman–Crippen MR) is 103 cm³/mol. The summed E-state index contributed by atoms with van der Waals surface area (Å²) >= 11 is 9.24. The number of benzene rings is 1. The van der Waals surface area contributed by atoms with Gasteiger partial charge in [-0.1, -0.05) is 11.6 Å². The maximum absolute atomic E-state index is 12.0. The highest BCUT2D eigenvalue weighted by Crippen LogP contribution is 2.32. The third-order valence-corrected chi connectivity index (χ3v) is 4.22. The molecule has 0 bridgehead atoms. The predicted octanol–water partition coefficient (Wildman–Crippen LogP) is 2.82. The van der Waals surface area contributed by atoms with E-state index < -0.39 is 11.9 Å². The summed E-state index contributed by atoms with van der Waals surface area (Å²) in [5.41, 5.74) is 3.18. The molecule has 0 aliphatic heterocycles. The SMILES string of the molecule is COC(=O)COc1cc(Br)c(C=NNC(=O)c2cccnc2Cl)cc1OC. The van der Waals surface area contributed by atoms with Crippen LogP contribution in [0, 0.1) is 0 Å². The standard InChI is InChI=1S/C17H15BrClN3O5/c1-25-13-6-10(12(18)7-14(13)27-9-15(23)26-2)8-21-22-17(24)11-4-3-5-20-16(11)19/h3-8H,9H2,1-2H3,(H,22,24). The van der Waals surface area contributed by atoms with Crippen molar-refractivity contribution in [1.29, 1.82) is 0 Å². The Bertz CT molecular complexity index is 876. The van der Waals surface area contributed by atoms with E-state index in [9.17, 15) is 9.59 Å². The maximum Gasteiger partial charge on any atom is 0.343 e. The number of nitrogens with zero attached hydrogens (tertiary/aromatic N) is 2. The Hall–Kier alpha value is -2.65. The van der Waals surface area contributed by atoms with Gasteiger partial charge in [0.25, 0.3) is 5.91 Å². The summed E-state index contributed by atoms with van der Waals surface area (Å²) in [6, 6.07) is 6.37. The zero-order valence-electron chi connectivity index (χ0n) is 14.4. The van der Waals surface area contributed by atoms with Crippen LogP contribution in [0.1, 0.15) is 15.9 Å². The monoisotopic (exact) mass is 455 g/mol. The molecular weight excluding hydrogens is 442 g/mol. The van der Waals surface area contributed by atoms with Crippen molar-refractivity contribution < 1.29 is 23.8 Å². The number of aromatic nitrogens is 1. The van der Waals surface area contributed by atoms with Gasteiger partial charge < -0.3 is 14.2 Å². The summed E-state index contributed by atoms with van der Waals surface area (Å²) in [5, 5.41) is 3.98. The molecule has 0 aliphatic carbocycles. The van der Waals surface area contributed by atoms with Crippen LogP contribution in [0.3, 0.4) is 0 Å². The van der Waals surface area contributed by atoms with Crippen LogP contribution in [-0.2, 0) is 9.53 Å². The fourth-order valence-corrected chi connectivity index (χ4v) is 2.52. The van der Waals surface area contributed by atoms with Crippen LogP contribution in [0.4, 0.5) is 0 Å². The number of esters is 1. The molecule has 27 heavy (non-hydrogen) atoms. The molecule has 0 saturated heterocycles. The van der Waals surface area contributed by atoms with Gasteiger partial charge in [0, 0.05) is 16.2 Å². The lowest BCUT2D eigenvalue weighted by molar-refractivity contribution is -0.142. The van der Waals surface area contributed by atoms with Gasteiger partial charge in [-0.15, -0.1) is 0 Å². The number of nitrogens with one attached hydrogen (secondary N) is 1. The maximum atomic E-state index is 12.0. The molecule has 10 heteroatoms. The van der Waals surface area contributed by atoms with Crippen molar-refractivity contribution in [3.05, 3.63) is 51.2 Å². The molecule has 1 amide bonds. The normalized spacial score (nSPS) is 10.5.